The van der Waals surface area contributed by atoms with E-state index in [2.05, 4.69) is 21.0 Å². The van der Waals surface area contributed by atoms with E-state index >= 15 is 0 Å². The molecule has 0 bridgehead atoms. The molecular weight excluding hydrogens is 430 g/mol. The number of rotatable bonds is 4. The lowest BCUT2D eigenvalue weighted by Crippen LogP contribution is -2.48. The van der Waals surface area contributed by atoms with Gasteiger partial charge in [-0.15, -0.1) is 11.3 Å². The van der Waals surface area contributed by atoms with Gasteiger partial charge in [-0.2, -0.15) is 5.10 Å². The summed E-state index contributed by atoms with van der Waals surface area (Å²) in [5, 5.41) is 6.37. The van der Waals surface area contributed by atoms with Crippen molar-refractivity contribution in [2.24, 2.45) is 0 Å². The number of thiophene rings is 1. The Morgan fingerprint density at radius 3 is 2.61 bits per heavy atom. The standard InChI is InChI=1S/C23H22ClN5OS/c1-16-20-13-21(31-23(20)29(26-16)19-6-4-18(24)5-7-19)22(30)28-11-9-27(10-12-28)15-17-3-2-8-25-14-17/h2-8,13-14H,9-12,15H2,1H3. The summed E-state index contributed by atoms with van der Waals surface area (Å²) in [7, 11) is 0. The molecule has 0 radical (unpaired) electrons. The largest absolute Gasteiger partial charge is 0.335 e. The summed E-state index contributed by atoms with van der Waals surface area (Å²) >= 11 is 7.53. The topological polar surface area (TPSA) is 54.3 Å². The first-order chi connectivity index (χ1) is 15.1. The van der Waals surface area contributed by atoms with Gasteiger partial charge in [0.2, 0.25) is 0 Å². The molecule has 31 heavy (non-hydrogen) atoms. The van der Waals surface area contributed by atoms with Crippen molar-refractivity contribution >= 4 is 39.1 Å². The highest BCUT2D eigenvalue weighted by molar-refractivity contribution is 7.20. The summed E-state index contributed by atoms with van der Waals surface area (Å²) in [5.41, 5.74) is 3.06. The molecule has 0 aliphatic carbocycles. The lowest BCUT2D eigenvalue weighted by molar-refractivity contribution is 0.0633. The van der Waals surface area contributed by atoms with Gasteiger partial charge in [-0.25, -0.2) is 4.68 Å². The monoisotopic (exact) mass is 451 g/mol. The van der Waals surface area contributed by atoms with E-state index in [1.165, 1.54) is 16.9 Å². The molecule has 3 aromatic heterocycles. The molecule has 158 valence electrons. The van der Waals surface area contributed by atoms with Crippen LogP contribution in [0, 0.1) is 6.92 Å². The Hall–Kier alpha value is -2.74. The van der Waals surface area contributed by atoms with Gasteiger partial charge in [0.25, 0.3) is 5.91 Å². The number of carbonyl (C=O) groups is 1. The zero-order valence-electron chi connectivity index (χ0n) is 17.2. The molecule has 1 aromatic carbocycles. The van der Waals surface area contributed by atoms with Gasteiger partial charge in [0.05, 0.1) is 16.3 Å². The third-order valence-electron chi connectivity index (χ3n) is 5.62. The molecule has 0 N–H and O–H groups in total. The highest BCUT2D eigenvalue weighted by atomic mass is 35.5. The van der Waals surface area contributed by atoms with E-state index in [0.717, 1.165) is 59.2 Å². The third kappa shape index (κ3) is 4.08. The first kappa shape index (κ1) is 20.2. The Morgan fingerprint density at radius 2 is 1.90 bits per heavy atom. The van der Waals surface area contributed by atoms with Crippen molar-refractivity contribution in [3.8, 4) is 5.69 Å². The fourth-order valence-corrected chi connectivity index (χ4v) is 5.20. The lowest BCUT2D eigenvalue weighted by atomic mass is 10.2. The molecule has 1 fully saturated rings. The first-order valence-corrected chi connectivity index (χ1v) is 11.4. The molecular formula is C23H22ClN5OS. The summed E-state index contributed by atoms with van der Waals surface area (Å²) in [6.07, 6.45) is 3.69. The van der Waals surface area contributed by atoms with Gasteiger partial charge in [0.15, 0.2) is 0 Å². The minimum absolute atomic E-state index is 0.101. The highest BCUT2D eigenvalue weighted by Crippen LogP contribution is 2.31. The number of amides is 1. The Bertz CT molecular complexity index is 1210. The van der Waals surface area contributed by atoms with E-state index in [1.54, 1.807) is 6.20 Å². The fraction of sp³-hybridized carbons (Fsp3) is 0.261. The van der Waals surface area contributed by atoms with E-state index < -0.39 is 0 Å². The van der Waals surface area contributed by atoms with Crippen molar-refractivity contribution in [2.75, 3.05) is 26.2 Å². The second kappa shape index (κ2) is 8.42. The normalized spacial score (nSPS) is 15.0. The van der Waals surface area contributed by atoms with E-state index in [-0.39, 0.29) is 5.91 Å². The van der Waals surface area contributed by atoms with Crippen molar-refractivity contribution in [3.05, 3.63) is 76.0 Å². The van der Waals surface area contributed by atoms with Crippen molar-refractivity contribution in [1.29, 1.82) is 0 Å². The number of pyridine rings is 1. The van der Waals surface area contributed by atoms with Crippen molar-refractivity contribution in [1.82, 2.24) is 24.6 Å². The highest BCUT2D eigenvalue weighted by Gasteiger charge is 2.25. The molecule has 0 atom stereocenters. The van der Waals surface area contributed by atoms with Crippen LogP contribution in [0.15, 0.2) is 54.9 Å². The van der Waals surface area contributed by atoms with Crippen LogP contribution in [0.1, 0.15) is 20.9 Å². The number of carbonyl (C=O) groups excluding carboxylic acids is 1. The summed E-state index contributed by atoms with van der Waals surface area (Å²) in [5.74, 6) is 0.101. The van der Waals surface area contributed by atoms with E-state index in [0.29, 0.717) is 5.02 Å². The van der Waals surface area contributed by atoms with Crippen molar-refractivity contribution in [3.63, 3.8) is 0 Å². The number of halogens is 1. The van der Waals surface area contributed by atoms with Crippen LogP contribution in [0.3, 0.4) is 0 Å². The molecule has 1 aliphatic heterocycles. The molecule has 1 aliphatic rings. The molecule has 8 heteroatoms. The Balaban J connectivity index is 1.31. The number of aryl methyl sites for hydroxylation is 1. The Kier molecular flexibility index (Phi) is 5.48. The van der Waals surface area contributed by atoms with E-state index in [4.69, 9.17) is 11.6 Å². The maximum absolute atomic E-state index is 13.2. The summed E-state index contributed by atoms with van der Waals surface area (Å²) in [4.78, 5) is 23.5. The van der Waals surface area contributed by atoms with Gasteiger partial charge in [0, 0.05) is 55.5 Å². The number of aromatic nitrogens is 3. The number of fused-ring (bicyclic) bond motifs is 1. The van der Waals surface area contributed by atoms with Crippen LogP contribution in [-0.4, -0.2) is 56.7 Å². The van der Waals surface area contributed by atoms with E-state index in [1.807, 2.05) is 59.1 Å². The van der Waals surface area contributed by atoms with Crippen molar-refractivity contribution < 1.29 is 4.79 Å². The smallest absolute Gasteiger partial charge is 0.264 e. The average Bonchev–Trinajstić information content (AvgIpc) is 3.36. The molecule has 0 spiro atoms. The van der Waals surface area contributed by atoms with Gasteiger partial charge in [-0.3, -0.25) is 14.7 Å². The number of hydrogen-bond donors (Lipinski definition) is 0. The third-order valence-corrected chi connectivity index (χ3v) is 6.97. The van der Waals surface area contributed by atoms with Crippen molar-refractivity contribution in [2.45, 2.75) is 13.5 Å². The molecule has 4 aromatic rings. The lowest BCUT2D eigenvalue weighted by Gasteiger charge is -2.34. The number of hydrogen-bond acceptors (Lipinski definition) is 5. The number of piperazine rings is 1. The second-order valence-corrected chi connectivity index (χ2v) is 9.20. The number of nitrogens with zero attached hydrogens (tertiary/aromatic N) is 5. The Morgan fingerprint density at radius 1 is 1.13 bits per heavy atom. The van der Waals surface area contributed by atoms with Gasteiger partial charge in [-0.1, -0.05) is 17.7 Å². The first-order valence-electron chi connectivity index (χ1n) is 10.2. The second-order valence-electron chi connectivity index (χ2n) is 7.73. The molecule has 0 saturated carbocycles. The summed E-state index contributed by atoms with van der Waals surface area (Å²) in [6.45, 7) is 6.04. The quantitative estimate of drug-likeness (QED) is 0.461. The maximum atomic E-state index is 13.2. The average molecular weight is 452 g/mol. The van der Waals surface area contributed by atoms with Gasteiger partial charge in [0.1, 0.15) is 4.83 Å². The molecule has 0 unspecified atom stereocenters. The SMILES string of the molecule is Cc1nn(-c2ccc(Cl)cc2)c2sc(C(=O)N3CCN(Cc4cccnc4)CC3)cc12. The van der Waals surface area contributed by atoms with Crippen LogP contribution < -0.4 is 0 Å². The Labute approximate surface area is 189 Å². The van der Waals surface area contributed by atoms with Crippen LogP contribution >= 0.6 is 22.9 Å². The zero-order valence-corrected chi connectivity index (χ0v) is 18.7. The number of benzene rings is 1. The molecule has 1 amide bonds. The minimum Gasteiger partial charge on any atom is -0.335 e. The van der Waals surface area contributed by atoms with Crippen LogP contribution in [-0.2, 0) is 6.54 Å². The summed E-state index contributed by atoms with van der Waals surface area (Å²) < 4.78 is 1.90. The van der Waals surface area contributed by atoms with Gasteiger partial charge < -0.3 is 4.90 Å². The minimum atomic E-state index is 0.101. The van der Waals surface area contributed by atoms with Crippen LogP contribution in [0.2, 0.25) is 5.02 Å². The van der Waals surface area contributed by atoms with Gasteiger partial charge in [-0.05, 0) is 48.9 Å². The fourth-order valence-electron chi connectivity index (χ4n) is 3.92. The van der Waals surface area contributed by atoms with Crippen LogP contribution in [0.25, 0.3) is 15.9 Å². The molecule has 5 rings (SSSR count). The molecule has 1 saturated heterocycles. The molecule has 6 nitrogen and oxygen atoms in total. The van der Waals surface area contributed by atoms with Crippen LogP contribution in [0.5, 0.6) is 0 Å². The maximum Gasteiger partial charge on any atom is 0.264 e. The molecule has 4 heterocycles. The predicted molar refractivity (Wildman–Crippen MR) is 124 cm³/mol. The predicted octanol–water partition coefficient (Wildman–Crippen LogP) is 4.40. The zero-order chi connectivity index (χ0) is 21.4. The van der Waals surface area contributed by atoms with E-state index in [9.17, 15) is 4.79 Å². The van der Waals surface area contributed by atoms with Gasteiger partial charge >= 0.3 is 0 Å². The van der Waals surface area contributed by atoms with Crippen LogP contribution in [0.4, 0.5) is 0 Å². The summed E-state index contributed by atoms with van der Waals surface area (Å²) in [6, 6.07) is 13.6.